The van der Waals surface area contributed by atoms with Crippen LogP contribution in [0.3, 0.4) is 0 Å². The third kappa shape index (κ3) is 3.26. The molecular weight excluding hydrogens is 264 g/mol. The fourth-order valence-electron chi connectivity index (χ4n) is 2.54. The molecule has 0 aromatic heterocycles. The number of aryl methyl sites for hydroxylation is 1. The van der Waals surface area contributed by atoms with Gasteiger partial charge in [0.1, 0.15) is 0 Å². The Bertz CT molecular complexity index is 492. The Morgan fingerprint density at radius 1 is 1.58 bits per heavy atom. The summed E-state index contributed by atoms with van der Waals surface area (Å²) in [5, 5.41) is 10.9. The average Bonchev–Trinajstić information content (AvgIpc) is 2.33. The van der Waals surface area contributed by atoms with Gasteiger partial charge in [0.25, 0.3) is 5.91 Å². The molecule has 1 heterocycles. The van der Waals surface area contributed by atoms with Gasteiger partial charge in [-0.1, -0.05) is 17.7 Å². The Labute approximate surface area is 118 Å². The van der Waals surface area contributed by atoms with Crippen molar-refractivity contribution >= 4 is 17.5 Å². The Kier molecular flexibility index (Phi) is 4.13. The van der Waals surface area contributed by atoms with Crippen molar-refractivity contribution in [2.24, 2.45) is 5.73 Å². The van der Waals surface area contributed by atoms with Gasteiger partial charge in [0, 0.05) is 18.1 Å². The monoisotopic (exact) mass is 282 g/mol. The lowest BCUT2D eigenvalue weighted by Crippen LogP contribution is -2.55. The van der Waals surface area contributed by atoms with E-state index in [-0.39, 0.29) is 0 Å². The second kappa shape index (κ2) is 5.49. The first-order valence-electron chi connectivity index (χ1n) is 6.40. The van der Waals surface area contributed by atoms with Crippen LogP contribution in [0.5, 0.6) is 0 Å². The normalized spacial score (nSPS) is 24.4. The molecular formula is C14H19ClN2O2. The zero-order chi connectivity index (χ0) is 14.0. The molecule has 0 bridgehead atoms. The molecule has 0 spiro atoms. The van der Waals surface area contributed by atoms with Crippen LogP contribution >= 0.6 is 11.6 Å². The summed E-state index contributed by atoms with van der Waals surface area (Å²) in [7, 11) is 0. The van der Waals surface area contributed by atoms with Crippen LogP contribution < -0.4 is 5.73 Å². The summed E-state index contributed by atoms with van der Waals surface area (Å²) in [6.45, 7) is 3.85. The summed E-state index contributed by atoms with van der Waals surface area (Å²) in [5.41, 5.74) is 6.15. The topological polar surface area (TPSA) is 66.6 Å². The van der Waals surface area contributed by atoms with Crippen molar-refractivity contribution in [2.45, 2.75) is 31.9 Å². The Morgan fingerprint density at radius 3 is 2.95 bits per heavy atom. The van der Waals surface area contributed by atoms with Crippen LogP contribution in [0.4, 0.5) is 0 Å². The summed E-state index contributed by atoms with van der Waals surface area (Å²) in [4.78, 5) is 13.4. The molecule has 4 nitrogen and oxygen atoms in total. The van der Waals surface area contributed by atoms with Crippen molar-refractivity contribution in [1.29, 1.82) is 0 Å². The van der Waals surface area contributed by atoms with E-state index in [9.17, 15) is 9.90 Å². The Balaban J connectivity index is 2.09. The molecule has 1 aliphatic rings. The highest BCUT2D eigenvalue weighted by Gasteiger charge is 2.38. The van der Waals surface area contributed by atoms with Gasteiger partial charge in [0.15, 0.2) is 5.60 Å². The van der Waals surface area contributed by atoms with Gasteiger partial charge in [-0.15, -0.1) is 0 Å². The smallest absolute Gasteiger partial charge is 0.250 e. The molecule has 0 radical (unpaired) electrons. The van der Waals surface area contributed by atoms with Crippen molar-refractivity contribution in [3.8, 4) is 0 Å². The van der Waals surface area contributed by atoms with E-state index in [1.807, 2.05) is 25.1 Å². The lowest BCUT2D eigenvalue weighted by molar-refractivity contribution is -0.142. The summed E-state index contributed by atoms with van der Waals surface area (Å²) in [6, 6.07) is 5.75. The second-order valence-corrected chi connectivity index (χ2v) is 5.72. The zero-order valence-electron chi connectivity index (χ0n) is 11.0. The molecule has 1 amide bonds. The number of halogens is 1. The van der Waals surface area contributed by atoms with E-state index in [1.54, 1.807) is 0 Å². The van der Waals surface area contributed by atoms with E-state index in [1.165, 1.54) is 0 Å². The van der Waals surface area contributed by atoms with Gasteiger partial charge in [-0.3, -0.25) is 9.69 Å². The fraction of sp³-hybridized carbons (Fsp3) is 0.500. The first-order chi connectivity index (χ1) is 8.90. The van der Waals surface area contributed by atoms with Crippen molar-refractivity contribution in [2.75, 3.05) is 13.1 Å². The quantitative estimate of drug-likeness (QED) is 0.882. The predicted octanol–water partition coefficient (Wildman–Crippen LogP) is 1.46. The van der Waals surface area contributed by atoms with E-state index in [4.69, 9.17) is 17.3 Å². The van der Waals surface area contributed by atoms with Crippen LogP contribution in [-0.2, 0) is 11.3 Å². The first-order valence-corrected chi connectivity index (χ1v) is 6.78. The number of amides is 1. The van der Waals surface area contributed by atoms with E-state index in [0.29, 0.717) is 24.5 Å². The number of piperidine rings is 1. The van der Waals surface area contributed by atoms with E-state index in [0.717, 1.165) is 24.1 Å². The van der Waals surface area contributed by atoms with E-state index < -0.39 is 11.5 Å². The minimum atomic E-state index is -1.39. The predicted molar refractivity (Wildman–Crippen MR) is 74.8 cm³/mol. The third-order valence-corrected chi connectivity index (χ3v) is 3.94. The number of rotatable bonds is 3. The van der Waals surface area contributed by atoms with Gasteiger partial charge in [-0.2, -0.15) is 0 Å². The maximum Gasteiger partial charge on any atom is 0.250 e. The second-order valence-electron chi connectivity index (χ2n) is 5.28. The van der Waals surface area contributed by atoms with Gasteiger partial charge in [-0.25, -0.2) is 0 Å². The maximum absolute atomic E-state index is 11.3. The van der Waals surface area contributed by atoms with E-state index in [2.05, 4.69) is 4.90 Å². The molecule has 19 heavy (non-hydrogen) atoms. The van der Waals surface area contributed by atoms with Gasteiger partial charge in [0.2, 0.25) is 0 Å². The Hall–Kier alpha value is -1.10. The standard InChI is InChI=1S/C14H19ClN2O2/c1-10-7-12(15)4-3-11(10)8-17-6-2-5-14(19,9-17)13(16)18/h3-4,7,19H,2,5-6,8-9H2,1H3,(H2,16,18). The molecule has 1 saturated heterocycles. The van der Waals surface area contributed by atoms with Gasteiger partial charge in [-0.05, 0) is 49.6 Å². The van der Waals surface area contributed by atoms with E-state index >= 15 is 0 Å². The number of primary amides is 1. The van der Waals surface area contributed by atoms with Gasteiger partial charge < -0.3 is 10.8 Å². The molecule has 1 unspecified atom stereocenters. The highest BCUT2D eigenvalue weighted by Crippen LogP contribution is 2.24. The number of likely N-dealkylation sites (tertiary alicyclic amines) is 1. The number of hydrogen-bond donors (Lipinski definition) is 2. The molecule has 3 N–H and O–H groups in total. The molecule has 1 aromatic rings. The lowest BCUT2D eigenvalue weighted by Gasteiger charge is -2.37. The minimum Gasteiger partial charge on any atom is -0.379 e. The number of carbonyl (C=O) groups is 1. The van der Waals surface area contributed by atoms with Crippen LogP contribution in [-0.4, -0.2) is 34.6 Å². The van der Waals surface area contributed by atoms with Crippen molar-refractivity contribution < 1.29 is 9.90 Å². The molecule has 5 heteroatoms. The van der Waals surface area contributed by atoms with Crippen LogP contribution in [0.1, 0.15) is 24.0 Å². The number of carbonyl (C=O) groups excluding carboxylic acids is 1. The number of aliphatic hydroxyl groups is 1. The average molecular weight is 283 g/mol. The maximum atomic E-state index is 11.3. The first kappa shape index (κ1) is 14.3. The third-order valence-electron chi connectivity index (χ3n) is 3.71. The number of hydrogen-bond acceptors (Lipinski definition) is 3. The highest BCUT2D eigenvalue weighted by molar-refractivity contribution is 6.30. The highest BCUT2D eigenvalue weighted by atomic mass is 35.5. The molecule has 1 fully saturated rings. The van der Waals surface area contributed by atoms with Crippen molar-refractivity contribution in [1.82, 2.24) is 4.90 Å². The number of benzene rings is 1. The van der Waals surface area contributed by atoms with Crippen LogP contribution in [0.15, 0.2) is 18.2 Å². The molecule has 1 aliphatic heterocycles. The lowest BCUT2D eigenvalue weighted by atomic mass is 9.91. The number of nitrogens with two attached hydrogens (primary N) is 1. The molecule has 104 valence electrons. The number of β-amino-alcohol motifs (C(OH)–C–C–N with tert-alkyl or cyclic N) is 1. The van der Waals surface area contributed by atoms with Gasteiger partial charge in [0.05, 0.1) is 0 Å². The largest absolute Gasteiger partial charge is 0.379 e. The van der Waals surface area contributed by atoms with Crippen LogP contribution in [0, 0.1) is 6.92 Å². The molecule has 1 atom stereocenters. The minimum absolute atomic E-state index is 0.296. The van der Waals surface area contributed by atoms with Crippen LogP contribution in [0.25, 0.3) is 0 Å². The molecule has 2 rings (SSSR count). The summed E-state index contributed by atoms with van der Waals surface area (Å²) in [5.74, 6) is -0.634. The molecule has 0 saturated carbocycles. The van der Waals surface area contributed by atoms with Crippen molar-refractivity contribution in [3.05, 3.63) is 34.3 Å². The Morgan fingerprint density at radius 2 is 2.32 bits per heavy atom. The zero-order valence-corrected chi connectivity index (χ0v) is 11.8. The van der Waals surface area contributed by atoms with Gasteiger partial charge >= 0.3 is 0 Å². The summed E-state index contributed by atoms with van der Waals surface area (Å²) < 4.78 is 0. The fourth-order valence-corrected chi connectivity index (χ4v) is 2.76. The summed E-state index contributed by atoms with van der Waals surface area (Å²) in [6.07, 6.45) is 1.21. The SMILES string of the molecule is Cc1cc(Cl)ccc1CN1CCCC(O)(C(N)=O)C1. The summed E-state index contributed by atoms with van der Waals surface area (Å²) >= 11 is 5.93. The van der Waals surface area contributed by atoms with Crippen molar-refractivity contribution in [3.63, 3.8) is 0 Å². The van der Waals surface area contributed by atoms with Crippen LogP contribution in [0.2, 0.25) is 5.02 Å². The number of nitrogens with zero attached hydrogens (tertiary/aromatic N) is 1. The molecule has 0 aliphatic carbocycles. The molecule has 1 aromatic carbocycles.